The van der Waals surface area contributed by atoms with Gasteiger partial charge in [-0.15, -0.1) is 0 Å². The molecule has 0 bridgehead atoms. The molecule has 1 unspecified atom stereocenters. The Morgan fingerprint density at radius 2 is 1.69 bits per heavy atom. The van der Waals surface area contributed by atoms with Crippen LogP contribution in [0.5, 0.6) is 0 Å². The van der Waals surface area contributed by atoms with Gasteiger partial charge < -0.3 is 15.0 Å². The molecule has 49 heavy (non-hydrogen) atoms. The molecule has 10 nitrogen and oxygen atoms in total. The second kappa shape index (κ2) is 14.1. The Morgan fingerprint density at radius 3 is 2.33 bits per heavy atom. The normalized spacial score (nSPS) is 16.0. The highest BCUT2D eigenvalue weighted by Crippen LogP contribution is 2.44. The molecule has 4 aromatic rings. The number of fused-ring (bicyclic) bond motifs is 1. The number of anilines is 1. The average Bonchev–Trinajstić information content (AvgIpc) is 3.46. The third-order valence-corrected chi connectivity index (χ3v) is 8.02. The number of alkyl halides is 3. The van der Waals surface area contributed by atoms with Gasteiger partial charge in [-0.2, -0.15) is 18.3 Å². The monoisotopic (exact) mass is 677 g/mol. The predicted octanol–water partition coefficient (Wildman–Crippen LogP) is 5.01. The molecule has 14 heteroatoms. The summed E-state index contributed by atoms with van der Waals surface area (Å²) in [7, 11) is 2.64. The second-order valence-electron chi connectivity index (χ2n) is 11.1. The fraction of sp³-hybridized carbons (Fsp3) is 0.229. The number of hydrogen-bond acceptors (Lipinski definition) is 6. The number of carbonyl (C=O) groups is 4. The number of benzene rings is 3. The number of rotatable bonds is 9. The van der Waals surface area contributed by atoms with Crippen LogP contribution in [-0.4, -0.2) is 65.1 Å². The Hall–Kier alpha value is -5.79. The first kappa shape index (κ1) is 34.5. The van der Waals surface area contributed by atoms with E-state index in [-0.39, 0.29) is 18.7 Å². The zero-order valence-electron chi connectivity index (χ0n) is 26.6. The molecule has 0 spiro atoms. The van der Waals surface area contributed by atoms with Crippen LogP contribution in [-0.2, 0) is 31.8 Å². The Bertz CT molecular complexity index is 1910. The van der Waals surface area contributed by atoms with Crippen molar-refractivity contribution in [1.29, 1.82) is 0 Å². The predicted molar refractivity (Wildman–Crippen MR) is 170 cm³/mol. The van der Waals surface area contributed by atoms with Crippen LogP contribution in [0, 0.1) is 5.82 Å². The second-order valence-corrected chi connectivity index (χ2v) is 11.1. The first-order chi connectivity index (χ1) is 23.3. The number of esters is 1. The molecule has 0 aliphatic carbocycles. The quantitative estimate of drug-likeness (QED) is 0.151. The molecule has 5 rings (SSSR count). The molecule has 1 aromatic heterocycles. The van der Waals surface area contributed by atoms with Crippen molar-refractivity contribution in [3.05, 3.63) is 125 Å². The average molecular weight is 678 g/mol. The summed E-state index contributed by atoms with van der Waals surface area (Å²) in [6.07, 6.45) is -2.71. The zero-order chi connectivity index (χ0) is 35.5. The lowest BCUT2D eigenvalue weighted by Crippen LogP contribution is -2.55. The lowest BCUT2D eigenvalue weighted by atomic mass is 9.80. The van der Waals surface area contributed by atoms with Crippen molar-refractivity contribution in [2.45, 2.75) is 31.6 Å². The SMILES string of the molecule is CCN1C(=O)C(NC(=O)c2cccc(C(F)(F)F)c2)[C@@H](c2ccc(F)cc2)c2c(CN(C)C(=O)/C=C/C(=O)OC)nn(-c3ccccc3)c21. The van der Waals surface area contributed by atoms with Gasteiger partial charge in [-0.25, -0.2) is 13.9 Å². The van der Waals surface area contributed by atoms with Crippen LogP contribution in [0.3, 0.4) is 0 Å². The lowest BCUT2D eigenvalue weighted by Gasteiger charge is -2.38. The first-order valence-electron chi connectivity index (χ1n) is 15.1. The Labute approximate surface area is 278 Å². The van der Waals surface area contributed by atoms with E-state index in [1.165, 1.54) is 59.0 Å². The minimum absolute atomic E-state index is 0.104. The van der Waals surface area contributed by atoms with Gasteiger partial charge in [0, 0.05) is 42.8 Å². The van der Waals surface area contributed by atoms with E-state index in [0.717, 1.165) is 24.3 Å². The van der Waals surface area contributed by atoms with E-state index in [0.29, 0.717) is 34.4 Å². The summed E-state index contributed by atoms with van der Waals surface area (Å²) < 4.78 is 60.8. The topological polar surface area (TPSA) is 114 Å². The highest BCUT2D eigenvalue weighted by molar-refractivity contribution is 6.05. The van der Waals surface area contributed by atoms with Gasteiger partial charge in [0.25, 0.3) is 11.8 Å². The number of para-hydroxylation sites is 1. The van der Waals surface area contributed by atoms with Crippen LogP contribution in [0.2, 0.25) is 0 Å². The van der Waals surface area contributed by atoms with Gasteiger partial charge in [-0.3, -0.25) is 19.3 Å². The van der Waals surface area contributed by atoms with Crippen LogP contribution in [0.4, 0.5) is 23.4 Å². The van der Waals surface area contributed by atoms with Gasteiger partial charge in [0.1, 0.15) is 17.7 Å². The summed E-state index contributed by atoms with van der Waals surface area (Å²) in [6, 6.07) is 16.6. The van der Waals surface area contributed by atoms with E-state index in [1.807, 2.05) is 0 Å². The number of carbonyl (C=O) groups excluding carboxylic acids is 4. The van der Waals surface area contributed by atoms with Crippen molar-refractivity contribution < 1.29 is 41.5 Å². The van der Waals surface area contributed by atoms with Crippen molar-refractivity contribution in [3.63, 3.8) is 0 Å². The van der Waals surface area contributed by atoms with Crippen molar-refractivity contribution in [2.24, 2.45) is 0 Å². The van der Waals surface area contributed by atoms with Gasteiger partial charge in [0.15, 0.2) is 0 Å². The molecule has 2 heterocycles. The lowest BCUT2D eigenvalue weighted by molar-refractivity contribution is -0.137. The Kier molecular flexibility index (Phi) is 9.97. The van der Waals surface area contributed by atoms with E-state index in [2.05, 4.69) is 10.1 Å². The Balaban J connectivity index is 1.69. The molecule has 0 radical (unpaired) electrons. The van der Waals surface area contributed by atoms with E-state index >= 15 is 0 Å². The number of likely N-dealkylation sites (N-methyl/N-ethyl adjacent to an activating group) is 2. The van der Waals surface area contributed by atoms with Gasteiger partial charge in [0.05, 0.1) is 30.6 Å². The van der Waals surface area contributed by atoms with Crippen LogP contribution >= 0.6 is 0 Å². The molecule has 1 N–H and O–H groups in total. The Morgan fingerprint density at radius 1 is 1.00 bits per heavy atom. The number of hydrogen-bond donors (Lipinski definition) is 1. The highest BCUT2D eigenvalue weighted by atomic mass is 19.4. The molecule has 2 atom stereocenters. The van der Waals surface area contributed by atoms with E-state index < -0.39 is 53.2 Å². The van der Waals surface area contributed by atoms with E-state index in [1.54, 1.807) is 37.3 Å². The molecule has 3 aromatic carbocycles. The van der Waals surface area contributed by atoms with Gasteiger partial charge >= 0.3 is 12.1 Å². The van der Waals surface area contributed by atoms with Crippen molar-refractivity contribution in [2.75, 3.05) is 25.6 Å². The third kappa shape index (κ3) is 7.22. The largest absolute Gasteiger partial charge is 0.466 e. The van der Waals surface area contributed by atoms with Gasteiger partial charge in [0.2, 0.25) is 5.91 Å². The summed E-state index contributed by atoms with van der Waals surface area (Å²) in [5.41, 5.74) is 0.331. The highest BCUT2D eigenvalue weighted by Gasteiger charge is 2.46. The smallest absolute Gasteiger partial charge is 0.416 e. The number of aromatic nitrogens is 2. The minimum atomic E-state index is -4.71. The van der Waals surface area contributed by atoms with Crippen LogP contribution in [0.15, 0.2) is 91.0 Å². The maximum Gasteiger partial charge on any atom is 0.416 e. The number of ether oxygens (including phenoxy) is 1. The molecule has 0 fully saturated rings. The number of nitrogens with one attached hydrogen (secondary N) is 1. The fourth-order valence-corrected chi connectivity index (χ4v) is 5.67. The summed E-state index contributed by atoms with van der Waals surface area (Å²) >= 11 is 0. The molecule has 3 amide bonds. The van der Waals surface area contributed by atoms with Crippen LogP contribution in [0.1, 0.15) is 45.6 Å². The summed E-state index contributed by atoms with van der Waals surface area (Å²) in [6.45, 7) is 1.68. The van der Waals surface area contributed by atoms with E-state index in [9.17, 15) is 36.7 Å². The fourth-order valence-electron chi connectivity index (χ4n) is 5.67. The van der Waals surface area contributed by atoms with Crippen LogP contribution in [0.25, 0.3) is 5.69 Å². The molecule has 254 valence electrons. The number of amides is 3. The van der Waals surface area contributed by atoms with Gasteiger partial charge in [-0.1, -0.05) is 36.4 Å². The summed E-state index contributed by atoms with van der Waals surface area (Å²) in [5, 5.41) is 7.49. The maximum absolute atomic E-state index is 14.4. The molecule has 0 saturated heterocycles. The van der Waals surface area contributed by atoms with Crippen molar-refractivity contribution in [1.82, 2.24) is 20.0 Å². The standard InChI is InChI=1S/C35H31F4N5O5/c1-4-43-33-30(26(41-44(33)25-11-6-5-7-12-25)20-42(2)27(45)17-18-28(46)49-3)29(21-13-15-24(36)16-14-21)31(34(43)48)40-32(47)22-9-8-10-23(19-22)35(37,38)39/h5-19,29,31H,4,20H2,1-3H3,(H,40,47)/b18-17+/t29-,31?/m0/s1. The maximum atomic E-state index is 14.4. The third-order valence-electron chi connectivity index (χ3n) is 8.02. The van der Waals surface area contributed by atoms with Gasteiger partial charge in [-0.05, 0) is 55.0 Å². The summed E-state index contributed by atoms with van der Waals surface area (Å²) in [5.74, 6) is -4.08. The number of halogens is 4. The van der Waals surface area contributed by atoms with Crippen LogP contribution < -0.4 is 10.2 Å². The van der Waals surface area contributed by atoms with Crippen molar-refractivity contribution in [3.8, 4) is 5.69 Å². The summed E-state index contributed by atoms with van der Waals surface area (Å²) in [4.78, 5) is 55.2. The van der Waals surface area contributed by atoms with E-state index in [4.69, 9.17) is 5.10 Å². The molecular weight excluding hydrogens is 646 g/mol. The first-order valence-corrected chi connectivity index (χ1v) is 15.1. The minimum Gasteiger partial charge on any atom is -0.466 e. The number of nitrogens with zero attached hydrogens (tertiary/aromatic N) is 4. The number of methoxy groups -OCH3 is 1. The molecular formula is C35H31F4N5O5. The molecule has 0 saturated carbocycles. The molecule has 1 aliphatic heterocycles. The molecule has 1 aliphatic rings. The zero-order valence-corrected chi connectivity index (χ0v) is 26.6. The van der Waals surface area contributed by atoms with Crippen molar-refractivity contribution >= 4 is 29.5 Å².